The molecule has 5 nitrogen and oxygen atoms in total. The topological polar surface area (TPSA) is 69.0 Å². The van der Waals surface area contributed by atoms with Gasteiger partial charge in [-0.1, -0.05) is 0 Å². The number of anilines is 1. The molecule has 0 spiro atoms. The SMILES string of the molecule is N#Cc1cccnc1N1CCCNC(=O)C1. The molecule has 0 aliphatic carbocycles. The van der Waals surface area contributed by atoms with Crippen LogP contribution < -0.4 is 10.2 Å². The second kappa shape index (κ2) is 4.62. The molecule has 0 atom stereocenters. The Labute approximate surface area is 93.7 Å². The number of hydrogen-bond acceptors (Lipinski definition) is 4. The summed E-state index contributed by atoms with van der Waals surface area (Å²) in [6.07, 6.45) is 2.51. The summed E-state index contributed by atoms with van der Waals surface area (Å²) in [5.41, 5.74) is 0.511. The van der Waals surface area contributed by atoms with Gasteiger partial charge in [0.15, 0.2) is 0 Å². The van der Waals surface area contributed by atoms with Crippen LogP contribution in [0.2, 0.25) is 0 Å². The van der Waals surface area contributed by atoms with Crippen molar-refractivity contribution in [3.8, 4) is 6.07 Å². The van der Waals surface area contributed by atoms with E-state index in [-0.39, 0.29) is 12.5 Å². The number of carbonyl (C=O) groups is 1. The molecule has 0 saturated carbocycles. The first-order chi connectivity index (χ1) is 7.81. The van der Waals surface area contributed by atoms with Gasteiger partial charge in [-0.2, -0.15) is 5.26 Å². The van der Waals surface area contributed by atoms with Gasteiger partial charge in [-0.05, 0) is 18.6 Å². The number of nitriles is 1. The van der Waals surface area contributed by atoms with Crippen molar-refractivity contribution in [2.75, 3.05) is 24.5 Å². The van der Waals surface area contributed by atoms with Gasteiger partial charge in [-0.3, -0.25) is 4.79 Å². The van der Waals surface area contributed by atoms with Gasteiger partial charge in [0.25, 0.3) is 0 Å². The summed E-state index contributed by atoms with van der Waals surface area (Å²) < 4.78 is 0. The van der Waals surface area contributed by atoms with E-state index in [9.17, 15) is 4.79 Å². The summed E-state index contributed by atoms with van der Waals surface area (Å²) in [4.78, 5) is 17.4. The monoisotopic (exact) mass is 216 g/mol. The smallest absolute Gasteiger partial charge is 0.239 e. The molecule has 5 heteroatoms. The largest absolute Gasteiger partial charge is 0.354 e. The molecule has 1 aromatic rings. The fourth-order valence-electron chi connectivity index (χ4n) is 1.72. The lowest BCUT2D eigenvalue weighted by Gasteiger charge is -2.20. The first kappa shape index (κ1) is 10.4. The van der Waals surface area contributed by atoms with Gasteiger partial charge in [0.05, 0.1) is 12.1 Å². The first-order valence-corrected chi connectivity index (χ1v) is 5.18. The second-order valence-electron chi connectivity index (χ2n) is 3.61. The van der Waals surface area contributed by atoms with Gasteiger partial charge in [-0.15, -0.1) is 0 Å². The Bertz CT molecular complexity index is 438. The van der Waals surface area contributed by atoms with Crippen molar-refractivity contribution in [2.45, 2.75) is 6.42 Å². The third-order valence-corrected chi connectivity index (χ3v) is 2.47. The quantitative estimate of drug-likeness (QED) is 0.732. The lowest BCUT2D eigenvalue weighted by Crippen LogP contribution is -2.33. The first-order valence-electron chi connectivity index (χ1n) is 5.18. The molecule has 1 N–H and O–H groups in total. The second-order valence-corrected chi connectivity index (χ2v) is 3.61. The van der Waals surface area contributed by atoms with E-state index in [1.807, 2.05) is 4.90 Å². The van der Waals surface area contributed by atoms with Crippen molar-refractivity contribution >= 4 is 11.7 Å². The van der Waals surface area contributed by atoms with E-state index in [2.05, 4.69) is 16.4 Å². The van der Waals surface area contributed by atoms with Gasteiger partial charge < -0.3 is 10.2 Å². The van der Waals surface area contributed by atoms with Crippen LogP contribution >= 0.6 is 0 Å². The Morgan fingerprint density at radius 2 is 2.44 bits per heavy atom. The molecule has 1 amide bonds. The molecule has 82 valence electrons. The zero-order valence-electron chi connectivity index (χ0n) is 8.81. The van der Waals surface area contributed by atoms with Gasteiger partial charge >= 0.3 is 0 Å². The highest BCUT2D eigenvalue weighted by Crippen LogP contribution is 2.16. The number of amides is 1. The highest BCUT2D eigenvalue weighted by atomic mass is 16.2. The molecule has 0 aromatic carbocycles. The van der Waals surface area contributed by atoms with Gasteiger partial charge in [0.1, 0.15) is 11.9 Å². The predicted molar refractivity (Wildman–Crippen MR) is 58.8 cm³/mol. The summed E-state index contributed by atoms with van der Waals surface area (Å²) in [5, 5.41) is 11.8. The number of nitrogens with one attached hydrogen (secondary N) is 1. The Morgan fingerprint density at radius 1 is 1.56 bits per heavy atom. The lowest BCUT2D eigenvalue weighted by molar-refractivity contribution is -0.119. The van der Waals surface area contributed by atoms with Crippen molar-refractivity contribution in [3.05, 3.63) is 23.9 Å². The van der Waals surface area contributed by atoms with Crippen LogP contribution in [-0.4, -0.2) is 30.5 Å². The Hall–Kier alpha value is -2.09. The number of pyridine rings is 1. The molecule has 1 fully saturated rings. The summed E-state index contributed by atoms with van der Waals surface area (Å²) in [6, 6.07) is 5.53. The van der Waals surface area contributed by atoms with Crippen molar-refractivity contribution in [2.24, 2.45) is 0 Å². The molecule has 0 unspecified atom stereocenters. The maximum atomic E-state index is 11.4. The molecule has 0 bridgehead atoms. The van der Waals surface area contributed by atoms with Crippen LogP contribution in [0.15, 0.2) is 18.3 Å². The van der Waals surface area contributed by atoms with Crippen LogP contribution in [0.5, 0.6) is 0 Å². The van der Waals surface area contributed by atoms with Crippen molar-refractivity contribution in [3.63, 3.8) is 0 Å². The molecule has 1 saturated heterocycles. The number of carbonyl (C=O) groups excluding carboxylic acids is 1. The lowest BCUT2D eigenvalue weighted by atomic mass is 10.2. The van der Waals surface area contributed by atoms with E-state index in [0.717, 1.165) is 13.0 Å². The molecular weight excluding hydrogens is 204 g/mol. The van der Waals surface area contributed by atoms with Crippen molar-refractivity contribution in [1.82, 2.24) is 10.3 Å². The molecular formula is C11H12N4O. The van der Waals surface area contributed by atoms with Crippen molar-refractivity contribution in [1.29, 1.82) is 5.26 Å². The Balaban J connectivity index is 2.28. The average molecular weight is 216 g/mol. The fourth-order valence-corrected chi connectivity index (χ4v) is 1.72. The minimum atomic E-state index is -0.0213. The van der Waals surface area contributed by atoms with E-state index in [0.29, 0.717) is 17.9 Å². The van der Waals surface area contributed by atoms with E-state index in [4.69, 9.17) is 5.26 Å². The molecule has 2 heterocycles. The Kier molecular flexibility index (Phi) is 3.01. The normalized spacial score (nSPS) is 16.2. The summed E-state index contributed by atoms with van der Waals surface area (Å²) in [6.45, 7) is 1.69. The van der Waals surface area contributed by atoms with Crippen LogP contribution in [0.1, 0.15) is 12.0 Å². The predicted octanol–water partition coefficient (Wildman–Crippen LogP) is 0.280. The summed E-state index contributed by atoms with van der Waals surface area (Å²) in [5.74, 6) is 0.578. The third-order valence-electron chi connectivity index (χ3n) is 2.47. The maximum Gasteiger partial charge on any atom is 0.239 e. The van der Waals surface area contributed by atoms with Crippen LogP contribution in [0.25, 0.3) is 0 Å². The number of nitrogens with zero attached hydrogens (tertiary/aromatic N) is 3. The van der Waals surface area contributed by atoms with Gasteiger partial charge in [0, 0.05) is 19.3 Å². The highest BCUT2D eigenvalue weighted by Gasteiger charge is 2.18. The molecule has 1 aliphatic rings. The molecule has 2 rings (SSSR count). The van der Waals surface area contributed by atoms with Crippen LogP contribution in [-0.2, 0) is 4.79 Å². The molecule has 0 radical (unpaired) electrons. The van der Waals surface area contributed by atoms with E-state index in [1.54, 1.807) is 18.3 Å². The summed E-state index contributed by atoms with van der Waals surface area (Å²) >= 11 is 0. The minimum absolute atomic E-state index is 0.0213. The highest BCUT2D eigenvalue weighted by molar-refractivity contribution is 5.81. The number of hydrogen-bond donors (Lipinski definition) is 1. The van der Waals surface area contributed by atoms with Gasteiger partial charge in [0.2, 0.25) is 5.91 Å². The third kappa shape index (κ3) is 2.11. The van der Waals surface area contributed by atoms with Crippen LogP contribution in [0, 0.1) is 11.3 Å². The standard InChI is InChI=1S/C11H12N4O/c12-7-9-3-1-4-14-11(9)15-6-2-5-13-10(16)8-15/h1,3-4H,2,5-6,8H2,(H,13,16). The van der Waals surface area contributed by atoms with Crippen LogP contribution in [0.3, 0.4) is 0 Å². The zero-order valence-corrected chi connectivity index (χ0v) is 8.81. The number of rotatable bonds is 1. The van der Waals surface area contributed by atoms with Gasteiger partial charge in [-0.25, -0.2) is 4.98 Å². The van der Waals surface area contributed by atoms with Crippen molar-refractivity contribution < 1.29 is 4.79 Å². The molecule has 1 aromatic heterocycles. The minimum Gasteiger partial charge on any atom is -0.354 e. The molecule has 1 aliphatic heterocycles. The van der Waals surface area contributed by atoms with E-state index >= 15 is 0 Å². The van der Waals surface area contributed by atoms with Crippen LogP contribution in [0.4, 0.5) is 5.82 Å². The zero-order chi connectivity index (χ0) is 11.4. The fraction of sp³-hybridized carbons (Fsp3) is 0.364. The number of aromatic nitrogens is 1. The van der Waals surface area contributed by atoms with E-state index < -0.39 is 0 Å². The summed E-state index contributed by atoms with van der Waals surface area (Å²) in [7, 11) is 0. The average Bonchev–Trinajstić information content (AvgIpc) is 2.54. The Morgan fingerprint density at radius 3 is 3.25 bits per heavy atom. The molecule has 16 heavy (non-hydrogen) atoms. The maximum absolute atomic E-state index is 11.4. The van der Waals surface area contributed by atoms with E-state index in [1.165, 1.54) is 0 Å².